The number of nitrogens with zero attached hydrogens (tertiary/aromatic N) is 1. The van der Waals surface area contributed by atoms with Crippen molar-refractivity contribution >= 4 is 14.0 Å². The number of hydrogen-bond acceptors (Lipinski definition) is 2. The Morgan fingerprint density at radius 2 is 1.93 bits per heavy atom. The minimum absolute atomic E-state index is 0.883. The minimum Gasteiger partial charge on any atom is -0.414 e. The molecule has 1 fully saturated rings. The van der Waals surface area contributed by atoms with Crippen LogP contribution in [0.25, 0.3) is 0 Å². The lowest BCUT2D eigenvalue weighted by molar-refractivity contribution is 0.295. The summed E-state index contributed by atoms with van der Waals surface area (Å²) in [6, 6.07) is 10.6. The van der Waals surface area contributed by atoms with Crippen molar-refractivity contribution in [1.29, 1.82) is 0 Å². The smallest absolute Gasteiger partial charge is 0.205 e. The van der Waals surface area contributed by atoms with Gasteiger partial charge in [0.05, 0.1) is 6.61 Å². The molecule has 1 heterocycles. The van der Waals surface area contributed by atoms with Crippen LogP contribution in [0.2, 0.25) is 13.1 Å². The van der Waals surface area contributed by atoms with Crippen molar-refractivity contribution in [3.8, 4) is 0 Å². The third kappa shape index (κ3) is 2.16. The first-order chi connectivity index (χ1) is 6.67. The molecule has 3 heteroatoms. The van der Waals surface area contributed by atoms with Crippen LogP contribution in [0.15, 0.2) is 30.3 Å². The van der Waals surface area contributed by atoms with Gasteiger partial charge in [0.15, 0.2) is 0 Å². The van der Waals surface area contributed by atoms with Gasteiger partial charge in [-0.1, -0.05) is 18.2 Å². The Kier molecular flexibility index (Phi) is 2.61. The van der Waals surface area contributed by atoms with Gasteiger partial charge in [-0.3, -0.25) is 0 Å². The summed E-state index contributed by atoms with van der Waals surface area (Å²) in [5.41, 5.74) is 1.33. The average Bonchev–Trinajstić information content (AvgIpc) is 2.18. The van der Waals surface area contributed by atoms with Crippen molar-refractivity contribution in [1.82, 2.24) is 0 Å². The van der Waals surface area contributed by atoms with E-state index in [2.05, 4.69) is 48.3 Å². The Morgan fingerprint density at radius 1 is 1.21 bits per heavy atom. The van der Waals surface area contributed by atoms with Gasteiger partial charge >= 0.3 is 0 Å². The SMILES string of the molecule is C[Si]1(C)CN(c2ccccc2)CCO1. The molecule has 0 saturated carbocycles. The van der Waals surface area contributed by atoms with E-state index in [0.29, 0.717) is 0 Å². The zero-order valence-corrected chi connectivity index (χ0v) is 9.86. The largest absolute Gasteiger partial charge is 0.414 e. The first-order valence-electron chi connectivity index (χ1n) is 5.11. The maximum absolute atomic E-state index is 5.81. The van der Waals surface area contributed by atoms with Crippen LogP contribution in [0.5, 0.6) is 0 Å². The van der Waals surface area contributed by atoms with E-state index in [1.165, 1.54) is 5.69 Å². The molecule has 76 valence electrons. The normalized spacial score (nSPS) is 20.9. The molecule has 0 amide bonds. The van der Waals surface area contributed by atoms with Crippen LogP contribution < -0.4 is 4.90 Å². The predicted molar refractivity (Wildman–Crippen MR) is 62.1 cm³/mol. The first-order valence-corrected chi connectivity index (χ1v) is 8.23. The van der Waals surface area contributed by atoms with Gasteiger partial charge in [0, 0.05) is 18.4 Å². The highest BCUT2D eigenvalue weighted by Crippen LogP contribution is 2.20. The highest BCUT2D eigenvalue weighted by molar-refractivity contribution is 6.72. The Bertz CT molecular complexity index is 299. The number of benzene rings is 1. The van der Waals surface area contributed by atoms with E-state index in [4.69, 9.17) is 4.43 Å². The quantitative estimate of drug-likeness (QED) is 0.655. The van der Waals surface area contributed by atoms with Gasteiger partial charge < -0.3 is 9.33 Å². The van der Waals surface area contributed by atoms with Crippen LogP contribution in [0.3, 0.4) is 0 Å². The molecule has 0 spiro atoms. The van der Waals surface area contributed by atoms with Crippen LogP contribution in [0.1, 0.15) is 0 Å². The number of hydrogen-bond donors (Lipinski definition) is 0. The second-order valence-corrected chi connectivity index (χ2v) is 8.49. The standard InChI is InChI=1S/C11H17NOSi/c1-14(2)10-12(8-9-13-14)11-6-4-3-5-7-11/h3-7H,8-10H2,1-2H3. The highest BCUT2D eigenvalue weighted by atomic mass is 28.4. The van der Waals surface area contributed by atoms with Crippen molar-refractivity contribution in [3.63, 3.8) is 0 Å². The topological polar surface area (TPSA) is 12.5 Å². The van der Waals surface area contributed by atoms with E-state index in [1.807, 2.05) is 0 Å². The molecule has 0 aliphatic carbocycles. The van der Waals surface area contributed by atoms with Crippen molar-refractivity contribution in [3.05, 3.63) is 30.3 Å². The fourth-order valence-corrected chi connectivity index (χ4v) is 3.87. The monoisotopic (exact) mass is 207 g/mol. The van der Waals surface area contributed by atoms with Gasteiger partial charge in [0.25, 0.3) is 0 Å². The molecule has 1 aliphatic rings. The molecule has 0 aromatic heterocycles. The molecular weight excluding hydrogens is 190 g/mol. The minimum atomic E-state index is -1.41. The lowest BCUT2D eigenvalue weighted by Gasteiger charge is -2.38. The van der Waals surface area contributed by atoms with Crippen LogP contribution in [-0.4, -0.2) is 27.6 Å². The maximum Gasteiger partial charge on any atom is 0.205 e. The molecule has 1 saturated heterocycles. The molecule has 0 unspecified atom stereocenters. The van der Waals surface area contributed by atoms with Gasteiger partial charge in [-0.05, 0) is 25.2 Å². The summed E-state index contributed by atoms with van der Waals surface area (Å²) in [6.45, 7) is 6.47. The predicted octanol–water partition coefficient (Wildman–Crippen LogP) is 2.27. The lowest BCUT2D eigenvalue weighted by atomic mass is 10.3. The van der Waals surface area contributed by atoms with E-state index in [-0.39, 0.29) is 0 Å². The van der Waals surface area contributed by atoms with Gasteiger partial charge in [-0.2, -0.15) is 0 Å². The second-order valence-electron chi connectivity index (χ2n) is 4.37. The molecule has 1 aromatic rings. The van der Waals surface area contributed by atoms with E-state index < -0.39 is 8.32 Å². The van der Waals surface area contributed by atoms with Crippen LogP contribution >= 0.6 is 0 Å². The number of rotatable bonds is 1. The molecule has 2 nitrogen and oxygen atoms in total. The molecule has 0 N–H and O–H groups in total. The Labute approximate surface area is 86.6 Å². The first kappa shape index (κ1) is 9.74. The number of para-hydroxylation sites is 1. The zero-order valence-electron chi connectivity index (χ0n) is 8.86. The van der Waals surface area contributed by atoms with Crippen LogP contribution in [0, 0.1) is 0 Å². The van der Waals surface area contributed by atoms with Crippen LogP contribution in [0.4, 0.5) is 5.69 Å². The Hall–Kier alpha value is -0.803. The van der Waals surface area contributed by atoms with Crippen molar-refractivity contribution < 1.29 is 4.43 Å². The summed E-state index contributed by atoms with van der Waals surface area (Å²) in [5.74, 6) is 0. The third-order valence-electron chi connectivity index (χ3n) is 2.55. The average molecular weight is 207 g/mol. The van der Waals surface area contributed by atoms with Crippen molar-refractivity contribution in [2.45, 2.75) is 13.1 Å². The Morgan fingerprint density at radius 3 is 2.57 bits per heavy atom. The van der Waals surface area contributed by atoms with Gasteiger partial charge in [-0.25, -0.2) is 0 Å². The van der Waals surface area contributed by atoms with Gasteiger partial charge in [0.2, 0.25) is 8.32 Å². The van der Waals surface area contributed by atoms with Crippen LogP contribution in [-0.2, 0) is 4.43 Å². The molecule has 1 aliphatic heterocycles. The van der Waals surface area contributed by atoms with Crippen molar-refractivity contribution in [2.75, 3.05) is 24.2 Å². The van der Waals surface area contributed by atoms with Gasteiger partial charge in [-0.15, -0.1) is 0 Å². The summed E-state index contributed by atoms with van der Waals surface area (Å²) < 4.78 is 5.81. The zero-order chi connectivity index (χ0) is 10.0. The second kappa shape index (κ2) is 3.75. The Balaban J connectivity index is 2.12. The van der Waals surface area contributed by atoms with E-state index >= 15 is 0 Å². The summed E-state index contributed by atoms with van der Waals surface area (Å²) in [4.78, 5) is 2.44. The molecule has 0 bridgehead atoms. The highest BCUT2D eigenvalue weighted by Gasteiger charge is 2.29. The number of anilines is 1. The molecule has 0 radical (unpaired) electrons. The van der Waals surface area contributed by atoms with E-state index in [9.17, 15) is 0 Å². The van der Waals surface area contributed by atoms with E-state index in [0.717, 1.165) is 19.3 Å². The molecule has 1 aromatic carbocycles. The third-order valence-corrected chi connectivity index (χ3v) is 4.68. The maximum atomic E-state index is 5.81. The molecular formula is C11H17NOSi. The lowest BCUT2D eigenvalue weighted by Crippen LogP contribution is -2.52. The summed E-state index contributed by atoms with van der Waals surface area (Å²) >= 11 is 0. The molecule has 14 heavy (non-hydrogen) atoms. The van der Waals surface area contributed by atoms with E-state index in [1.54, 1.807) is 0 Å². The van der Waals surface area contributed by atoms with Crippen molar-refractivity contribution in [2.24, 2.45) is 0 Å². The summed E-state index contributed by atoms with van der Waals surface area (Å²) in [5, 5.41) is 0. The molecule has 2 rings (SSSR count). The molecule has 0 atom stereocenters. The fraction of sp³-hybridized carbons (Fsp3) is 0.455. The summed E-state index contributed by atoms with van der Waals surface area (Å²) in [6.07, 6.45) is 1.11. The summed E-state index contributed by atoms with van der Waals surface area (Å²) in [7, 11) is -1.41. The van der Waals surface area contributed by atoms with Gasteiger partial charge in [0.1, 0.15) is 0 Å². The fourth-order valence-electron chi connectivity index (χ4n) is 1.88.